The van der Waals surface area contributed by atoms with Gasteiger partial charge in [-0.25, -0.2) is 4.39 Å². The van der Waals surface area contributed by atoms with Gasteiger partial charge in [0, 0.05) is 0 Å². The molecule has 0 fully saturated rings. The van der Waals surface area contributed by atoms with Crippen LogP contribution in [0, 0.1) is 5.82 Å². The van der Waals surface area contributed by atoms with Gasteiger partial charge in [-0.2, -0.15) is 0 Å². The van der Waals surface area contributed by atoms with Crippen LogP contribution in [0.25, 0.3) is 0 Å². The third-order valence-electron chi connectivity index (χ3n) is 2.22. The zero-order valence-electron chi connectivity index (χ0n) is 9.10. The Morgan fingerprint density at radius 1 is 1.36 bits per heavy atom. The van der Waals surface area contributed by atoms with E-state index in [9.17, 15) is 4.39 Å². The van der Waals surface area contributed by atoms with Crippen molar-refractivity contribution in [3.8, 4) is 0 Å². The number of benzene rings is 1. The molecule has 0 spiro atoms. The summed E-state index contributed by atoms with van der Waals surface area (Å²) in [7, 11) is 0. The van der Waals surface area contributed by atoms with Gasteiger partial charge in [-0.3, -0.25) is 0 Å². The van der Waals surface area contributed by atoms with Crippen LogP contribution in [0.2, 0.25) is 0 Å². The molecule has 14 heavy (non-hydrogen) atoms. The van der Waals surface area contributed by atoms with E-state index in [1.54, 1.807) is 6.07 Å². The molecule has 0 amide bonds. The third kappa shape index (κ3) is 2.44. The quantitative estimate of drug-likeness (QED) is 0.624. The van der Waals surface area contributed by atoms with Gasteiger partial charge in [-0.1, -0.05) is 39.0 Å². The van der Waals surface area contributed by atoms with E-state index in [0.29, 0.717) is 0 Å². The normalized spacial score (nSPS) is 11.4. The maximum absolute atomic E-state index is 13.5. The van der Waals surface area contributed by atoms with Crippen molar-refractivity contribution in [1.29, 1.82) is 0 Å². The Morgan fingerprint density at radius 2 is 2.00 bits per heavy atom. The fourth-order valence-electron chi connectivity index (χ4n) is 1.44. The van der Waals surface area contributed by atoms with Crippen LogP contribution >= 0.6 is 0 Å². The fraction of sp³-hybridized carbons (Fsp3) is 0.385. The van der Waals surface area contributed by atoms with Crippen LogP contribution < -0.4 is 0 Å². The van der Waals surface area contributed by atoms with Crippen LogP contribution in [0.3, 0.4) is 0 Å². The summed E-state index contributed by atoms with van der Waals surface area (Å²) in [6.07, 6.45) is 2.63. The van der Waals surface area contributed by atoms with E-state index in [4.69, 9.17) is 0 Å². The number of hydrogen-bond acceptors (Lipinski definition) is 0. The lowest BCUT2D eigenvalue weighted by Crippen LogP contribution is -2.13. The van der Waals surface area contributed by atoms with Gasteiger partial charge in [0.2, 0.25) is 0 Å². The molecule has 1 aromatic rings. The van der Waals surface area contributed by atoms with Crippen molar-refractivity contribution < 1.29 is 4.39 Å². The number of hydrogen-bond donors (Lipinski definition) is 0. The average Bonchev–Trinajstić information content (AvgIpc) is 2.07. The van der Waals surface area contributed by atoms with Crippen molar-refractivity contribution in [2.45, 2.75) is 32.6 Å². The lowest BCUT2D eigenvalue weighted by atomic mass is 9.85. The lowest BCUT2D eigenvalue weighted by molar-refractivity contribution is 0.522. The molecular weight excluding hydrogens is 175 g/mol. The molecule has 1 heteroatoms. The van der Waals surface area contributed by atoms with Gasteiger partial charge >= 0.3 is 0 Å². The van der Waals surface area contributed by atoms with Crippen LogP contribution in [0.1, 0.15) is 31.9 Å². The van der Waals surface area contributed by atoms with Gasteiger partial charge in [0.1, 0.15) is 5.82 Å². The second-order valence-corrected chi connectivity index (χ2v) is 4.56. The lowest BCUT2D eigenvalue weighted by Gasteiger charge is -2.20. The van der Waals surface area contributed by atoms with Crippen LogP contribution in [0.4, 0.5) is 4.39 Å². The Bertz CT molecular complexity index is 332. The van der Waals surface area contributed by atoms with E-state index >= 15 is 0 Å². The van der Waals surface area contributed by atoms with Crippen molar-refractivity contribution >= 4 is 0 Å². The summed E-state index contributed by atoms with van der Waals surface area (Å²) in [4.78, 5) is 0. The molecule has 0 saturated heterocycles. The molecule has 0 aromatic heterocycles. The second-order valence-electron chi connectivity index (χ2n) is 4.56. The van der Waals surface area contributed by atoms with Crippen LogP contribution in [-0.4, -0.2) is 0 Å². The van der Waals surface area contributed by atoms with Crippen LogP contribution in [-0.2, 0) is 11.8 Å². The van der Waals surface area contributed by atoms with Crippen molar-refractivity contribution in [2.24, 2.45) is 0 Å². The number of halogens is 1. The SMILES string of the molecule is C=CCc1ccc(F)c(C(C)(C)C)c1. The van der Waals surface area contributed by atoms with E-state index in [0.717, 1.165) is 17.5 Å². The molecule has 0 radical (unpaired) electrons. The smallest absolute Gasteiger partial charge is 0.126 e. The summed E-state index contributed by atoms with van der Waals surface area (Å²) in [6.45, 7) is 9.73. The van der Waals surface area contributed by atoms with Gasteiger partial charge in [-0.15, -0.1) is 6.58 Å². The van der Waals surface area contributed by atoms with Crippen molar-refractivity contribution in [1.82, 2.24) is 0 Å². The van der Waals surface area contributed by atoms with Crippen molar-refractivity contribution in [3.05, 3.63) is 47.8 Å². The Hall–Kier alpha value is -1.11. The first-order valence-corrected chi connectivity index (χ1v) is 4.85. The zero-order valence-corrected chi connectivity index (χ0v) is 9.10. The van der Waals surface area contributed by atoms with Crippen LogP contribution in [0.5, 0.6) is 0 Å². The summed E-state index contributed by atoms with van der Waals surface area (Å²) in [6, 6.07) is 5.28. The molecule has 0 aliphatic carbocycles. The molecule has 0 N–H and O–H groups in total. The van der Waals surface area contributed by atoms with Gasteiger partial charge in [0.25, 0.3) is 0 Å². The third-order valence-corrected chi connectivity index (χ3v) is 2.22. The predicted octanol–water partition coefficient (Wildman–Crippen LogP) is 3.85. The maximum atomic E-state index is 13.5. The van der Waals surface area contributed by atoms with E-state index in [1.807, 2.05) is 39.0 Å². The first kappa shape index (κ1) is 11.0. The minimum atomic E-state index is -0.138. The summed E-state index contributed by atoms with van der Waals surface area (Å²) in [5.74, 6) is -0.120. The van der Waals surface area contributed by atoms with E-state index in [-0.39, 0.29) is 11.2 Å². The maximum Gasteiger partial charge on any atom is 0.126 e. The van der Waals surface area contributed by atoms with Gasteiger partial charge in [0.05, 0.1) is 0 Å². The molecule has 0 bridgehead atoms. The van der Waals surface area contributed by atoms with Crippen molar-refractivity contribution in [3.63, 3.8) is 0 Å². The molecule has 1 aromatic carbocycles. The Kier molecular flexibility index (Phi) is 3.10. The second kappa shape index (κ2) is 3.95. The molecular formula is C13H17F. The fourth-order valence-corrected chi connectivity index (χ4v) is 1.44. The number of rotatable bonds is 2. The van der Waals surface area contributed by atoms with E-state index < -0.39 is 0 Å². The first-order valence-electron chi connectivity index (χ1n) is 4.85. The topological polar surface area (TPSA) is 0 Å². The largest absolute Gasteiger partial charge is 0.207 e. The average molecular weight is 192 g/mol. The summed E-state index contributed by atoms with van der Waals surface area (Å²) >= 11 is 0. The van der Waals surface area contributed by atoms with E-state index in [2.05, 4.69) is 6.58 Å². The summed E-state index contributed by atoms with van der Waals surface area (Å²) < 4.78 is 13.5. The Balaban J connectivity index is 3.15. The molecule has 0 aliphatic heterocycles. The molecule has 0 nitrogen and oxygen atoms in total. The molecule has 0 aliphatic rings. The zero-order chi connectivity index (χ0) is 10.8. The monoisotopic (exact) mass is 192 g/mol. The highest BCUT2D eigenvalue weighted by atomic mass is 19.1. The molecule has 0 saturated carbocycles. The highest BCUT2D eigenvalue weighted by molar-refractivity contribution is 5.31. The van der Waals surface area contributed by atoms with Gasteiger partial charge < -0.3 is 0 Å². The predicted molar refractivity (Wildman–Crippen MR) is 59.0 cm³/mol. The minimum Gasteiger partial charge on any atom is -0.207 e. The standard InChI is InChI=1S/C13H17F/c1-5-6-10-7-8-12(14)11(9-10)13(2,3)4/h5,7-9H,1,6H2,2-4H3. The summed E-state index contributed by atoms with van der Waals surface area (Å²) in [5.41, 5.74) is 1.75. The molecule has 0 unspecified atom stereocenters. The van der Waals surface area contributed by atoms with Crippen molar-refractivity contribution in [2.75, 3.05) is 0 Å². The number of allylic oxidation sites excluding steroid dienone is 1. The highest BCUT2D eigenvalue weighted by Gasteiger charge is 2.18. The molecule has 0 heterocycles. The van der Waals surface area contributed by atoms with Gasteiger partial charge in [-0.05, 0) is 29.0 Å². The minimum absolute atomic E-state index is 0.120. The Labute approximate surface area is 85.5 Å². The van der Waals surface area contributed by atoms with Gasteiger partial charge in [0.15, 0.2) is 0 Å². The molecule has 76 valence electrons. The highest BCUT2D eigenvalue weighted by Crippen LogP contribution is 2.26. The first-order chi connectivity index (χ1) is 6.45. The molecule has 1 rings (SSSR count). The van der Waals surface area contributed by atoms with E-state index in [1.165, 1.54) is 0 Å². The Morgan fingerprint density at radius 3 is 2.50 bits per heavy atom. The molecule has 0 atom stereocenters. The van der Waals surface area contributed by atoms with Crippen LogP contribution in [0.15, 0.2) is 30.9 Å². The summed E-state index contributed by atoms with van der Waals surface area (Å²) in [5, 5.41) is 0.